The molecule has 3 nitrogen and oxygen atoms in total. The minimum atomic E-state index is 0.519. The third-order valence-electron chi connectivity index (χ3n) is 1.36. The molecule has 0 aliphatic rings. The van der Waals surface area contributed by atoms with Gasteiger partial charge in [0.25, 0.3) is 0 Å². The summed E-state index contributed by atoms with van der Waals surface area (Å²) in [4.78, 5) is 0. The van der Waals surface area contributed by atoms with Gasteiger partial charge in [-0.1, -0.05) is 0 Å². The van der Waals surface area contributed by atoms with Gasteiger partial charge in [0.2, 0.25) is 5.69 Å². The molecule has 0 heterocycles. The van der Waals surface area contributed by atoms with E-state index in [2.05, 4.69) is 6.72 Å². The third-order valence-corrected chi connectivity index (χ3v) is 1.36. The molecule has 0 radical (unpaired) electrons. The predicted octanol–water partition coefficient (Wildman–Crippen LogP) is 1.54. The summed E-state index contributed by atoms with van der Waals surface area (Å²) in [6, 6.07) is 6.73. The number of rotatable bonds is 2. The topological polar surface area (TPSA) is 35.3 Å². The quantitative estimate of drug-likeness (QED) is 0.278. The second-order valence-corrected chi connectivity index (χ2v) is 2.08. The van der Waals surface area contributed by atoms with Crippen molar-refractivity contribution < 1.29 is 9.48 Å². The van der Waals surface area contributed by atoms with E-state index in [-0.39, 0.29) is 0 Å². The maximum absolute atomic E-state index is 10.6. The van der Waals surface area contributed by atoms with E-state index in [0.29, 0.717) is 10.4 Å². The highest BCUT2D eigenvalue weighted by Crippen LogP contribution is 2.15. The SMILES string of the molecule is C=[N+]([O-])c1ccc(OC)cc1. The standard InChI is InChI=1S/C8H9NO2/c1-9(10)7-3-5-8(11-2)6-4-7/h3-6H,1H2,2H3. The van der Waals surface area contributed by atoms with Gasteiger partial charge >= 0.3 is 0 Å². The number of methoxy groups -OCH3 is 1. The lowest BCUT2D eigenvalue weighted by molar-refractivity contribution is -0.349. The van der Waals surface area contributed by atoms with Gasteiger partial charge in [-0.05, 0) is 12.1 Å². The molecule has 1 aromatic carbocycles. The van der Waals surface area contributed by atoms with Crippen LogP contribution in [0.25, 0.3) is 0 Å². The highest BCUT2D eigenvalue weighted by atomic mass is 16.5. The van der Waals surface area contributed by atoms with E-state index in [1.54, 1.807) is 31.4 Å². The average molecular weight is 151 g/mol. The van der Waals surface area contributed by atoms with E-state index in [4.69, 9.17) is 4.74 Å². The van der Waals surface area contributed by atoms with Crippen molar-refractivity contribution in [1.82, 2.24) is 0 Å². The summed E-state index contributed by atoms with van der Waals surface area (Å²) >= 11 is 0. The van der Waals surface area contributed by atoms with Gasteiger partial charge in [0.15, 0.2) is 0 Å². The fourth-order valence-electron chi connectivity index (χ4n) is 0.748. The molecule has 3 heteroatoms. The predicted molar refractivity (Wildman–Crippen MR) is 43.4 cm³/mol. The molecule has 0 unspecified atom stereocenters. The molecule has 1 aromatic rings. The number of hydrogen-bond acceptors (Lipinski definition) is 2. The van der Waals surface area contributed by atoms with Gasteiger partial charge in [0, 0.05) is 12.1 Å². The Morgan fingerprint density at radius 3 is 2.27 bits per heavy atom. The molecule has 0 aliphatic heterocycles. The van der Waals surface area contributed by atoms with Crippen LogP contribution in [0.3, 0.4) is 0 Å². The van der Waals surface area contributed by atoms with Crippen LogP contribution in [-0.4, -0.2) is 18.6 Å². The molecule has 0 atom stereocenters. The minimum Gasteiger partial charge on any atom is -0.619 e. The van der Waals surface area contributed by atoms with E-state index in [1.165, 1.54) is 0 Å². The lowest BCUT2D eigenvalue weighted by atomic mass is 10.3. The second-order valence-electron chi connectivity index (χ2n) is 2.08. The van der Waals surface area contributed by atoms with Crippen molar-refractivity contribution in [3.63, 3.8) is 0 Å². The van der Waals surface area contributed by atoms with Gasteiger partial charge in [-0.25, -0.2) is 0 Å². The first-order chi connectivity index (χ1) is 5.24. The molecule has 11 heavy (non-hydrogen) atoms. The van der Waals surface area contributed by atoms with Crippen molar-refractivity contribution >= 4 is 12.4 Å². The van der Waals surface area contributed by atoms with Crippen molar-refractivity contribution in [2.24, 2.45) is 0 Å². The summed E-state index contributed by atoms with van der Waals surface area (Å²) in [6.07, 6.45) is 0. The maximum atomic E-state index is 10.6. The summed E-state index contributed by atoms with van der Waals surface area (Å²) in [5.74, 6) is 0.732. The van der Waals surface area contributed by atoms with Gasteiger partial charge < -0.3 is 9.94 Å². The van der Waals surface area contributed by atoms with Crippen molar-refractivity contribution in [1.29, 1.82) is 0 Å². The lowest BCUT2D eigenvalue weighted by Gasteiger charge is -2.01. The Bertz CT molecular complexity index is 253. The van der Waals surface area contributed by atoms with Crippen LogP contribution in [-0.2, 0) is 0 Å². The zero-order valence-electron chi connectivity index (χ0n) is 6.28. The van der Waals surface area contributed by atoms with E-state index in [0.717, 1.165) is 5.75 Å². The Morgan fingerprint density at radius 2 is 1.91 bits per heavy atom. The molecule has 0 N–H and O–H groups in total. The highest BCUT2D eigenvalue weighted by Gasteiger charge is 1.96. The van der Waals surface area contributed by atoms with Crippen LogP contribution in [0, 0.1) is 5.21 Å². The number of benzene rings is 1. The fraction of sp³-hybridized carbons (Fsp3) is 0.125. The first-order valence-corrected chi connectivity index (χ1v) is 3.16. The molecule has 0 amide bonds. The number of ether oxygens (including phenoxy) is 1. The van der Waals surface area contributed by atoms with Gasteiger partial charge in [0.1, 0.15) is 12.5 Å². The van der Waals surface area contributed by atoms with Crippen molar-refractivity contribution in [2.75, 3.05) is 7.11 Å². The maximum Gasteiger partial charge on any atom is 0.216 e. The van der Waals surface area contributed by atoms with Crippen molar-refractivity contribution in [3.8, 4) is 5.75 Å². The first kappa shape index (κ1) is 7.60. The average Bonchev–Trinajstić information content (AvgIpc) is 2.05. The van der Waals surface area contributed by atoms with Crippen LogP contribution >= 0.6 is 0 Å². The van der Waals surface area contributed by atoms with Gasteiger partial charge in [0.05, 0.1) is 7.11 Å². The summed E-state index contributed by atoms with van der Waals surface area (Å²) in [6.45, 7) is 3.20. The second kappa shape index (κ2) is 3.05. The Hall–Kier alpha value is -1.51. The summed E-state index contributed by atoms with van der Waals surface area (Å²) in [5, 5.41) is 10.6. The summed E-state index contributed by atoms with van der Waals surface area (Å²) in [5.41, 5.74) is 0.519. The molecular formula is C8H9NO2. The molecular weight excluding hydrogens is 142 g/mol. The first-order valence-electron chi connectivity index (χ1n) is 3.16. The summed E-state index contributed by atoms with van der Waals surface area (Å²) in [7, 11) is 1.58. The van der Waals surface area contributed by atoms with Gasteiger partial charge in [-0.3, -0.25) is 0 Å². The molecule has 0 aliphatic carbocycles. The molecule has 0 spiro atoms. The third kappa shape index (κ3) is 1.70. The van der Waals surface area contributed by atoms with Crippen LogP contribution in [0.5, 0.6) is 5.75 Å². The Kier molecular flexibility index (Phi) is 2.11. The minimum absolute atomic E-state index is 0.519. The molecule has 0 fully saturated rings. The lowest BCUT2D eigenvalue weighted by Crippen LogP contribution is -1.89. The normalized spacial score (nSPS) is 9.18. The zero-order valence-corrected chi connectivity index (χ0v) is 6.28. The van der Waals surface area contributed by atoms with E-state index < -0.39 is 0 Å². The molecule has 0 aromatic heterocycles. The monoisotopic (exact) mass is 151 g/mol. The highest BCUT2D eigenvalue weighted by molar-refractivity contribution is 5.38. The molecule has 58 valence electrons. The van der Waals surface area contributed by atoms with E-state index >= 15 is 0 Å². The molecule has 0 saturated carbocycles. The van der Waals surface area contributed by atoms with Crippen LogP contribution in [0.4, 0.5) is 5.69 Å². The smallest absolute Gasteiger partial charge is 0.216 e. The van der Waals surface area contributed by atoms with Crippen LogP contribution in [0.15, 0.2) is 24.3 Å². The van der Waals surface area contributed by atoms with Crippen LogP contribution in [0.1, 0.15) is 0 Å². The Morgan fingerprint density at radius 1 is 1.36 bits per heavy atom. The Balaban J connectivity index is 2.91. The molecule has 1 rings (SSSR count). The molecule has 0 bridgehead atoms. The van der Waals surface area contributed by atoms with Crippen LogP contribution < -0.4 is 4.74 Å². The van der Waals surface area contributed by atoms with Gasteiger partial charge in [-0.15, -0.1) is 0 Å². The van der Waals surface area contributed by atoms with E-state index in [9.17, 15) is 5.21 Å². The Labute approximate surface area is 65.1 Å². The zero-order chi connectivity index (χ0) is 8.27. The van der Waals surface area contributed by atoms with Crippen molar-refractivity contribution in [2.45, 2.75) is 0 Å². The largest absolute Gasteiger partial charge is 0.619 e. The number of nitrogens with zero attached hydrogens (tertiary/aromatic N) is 1. The molecule has 0 saturated heterocycles. The fourth-order valence-corrected chi connectivity index (χ4v) is 0.748. The number of hydrogen-bond donors (Lipinski definition) is 0. The van der Waals surface area contributed by atoms with Crippen LogP contribution in [0.2, 0.25) is 0 Å². The summed E-state index contributed by atoms with van der Waals surface area (Å²) < 4.78 is 5.46. The van der Waals surface area contributed by atoms with Gasteiger partial charge in [-0.2, -0.15) is 4.74 Å². The van der Waals surface area contributed by atoms with E-state index in [1.807, 2.05) is 0 Å². The van der Waals surface area contributed by atoms with Crippen molar-refractivity contribution in [3.05, 3.63) is 29.5 Å².